The van der Waals surface area contributed by atoms with Crippen molar-refractivity contribution in [3.63, 3.8) is 0 Å². The normalized spacial score (nSPS) is 10.7. The molecule has 0 aliphatic carbocycles. The van der Waals surface area contributed by atoms with Crippen LogP contribution in [0.3, 0.4) is 0 Å². The van der Waals surface area contributed by atoms with Crippen molar-refractivity contribution in [1.29, 1.82) is 0 Å². The highest BCUT2D eigenvalue weighted by Gasteiger charge is 2.12. The highest BCUT2D eigenvalue weighted by atomic mass is 16.2. The molecule has 0 aliphatic heterocycles. The number of hydrogen-bond donors (Lipinski definition) is 1. The van der Waals surface area contributed by atoms with Crippen LogP contribution in [0.15, 0.2) is 54.7 Å². The average molecular weight is 265 g/mol. The van der Waals surface area contributed by atoms with Crippen LogP contribution in [0.4, 0.5) is 0 Å². The van der Waals surface area contributed by atoms with Crippen molar-refractivity contribution in [3.05, 3.63) is 65.9 Å². The van der Waals surface area contributed by atoms with E-state index in [-0.39, 0.29) is 5.91 Å². The fourth-order valence-corrected chi connectivity index (χ4v) is 2.23. The zero-order chi connectivity index (χ0) is 13.9. The van der Waals surface area contributed by atoms with Gasteiger partial charge in [-0.15, -0.1) is 0 Å². The van der Waals surface area contributed by atoms with Gasteiger partial charge in [0.2, 0.25) is 0 Å². The fraction of sp³-hybridized carbons (Fsp3) is 0.125. The molecule has 3 aromatic rings. The number of aromatic nitrogens is 2. The molecule has 4 heteroatoms. The van der Waals surface area contributed by atoms with Gasteiger partial charge in [-0.1, -0.05) is 30.3 Å². The maximum atomic E-state index is 12.4. The van der Waals surface area contributed by atoms with Crippen molar-refractivity contribution in [2.24, 2.45) is 0 Å². The molecule has 1 heterocycles. The number of hydrogen-bond acceptors (Lipinski definition) is 2. The van der Waals surface area contributed by atoms with Gasteiger partial charge in [0, 0.05) is 24.5 Å². The molecule has 3 rings (SSSR count). The van der Waals surface area contributed by atoms with Gasteiger partial charge in [-0.3, -0.25) is 9.89 Å². The molecule has 1 aromatic heterocycles. The average Bonchev–Trinajstić information content (AvgIpc) is 2.94. The third kappa shape index (κ3) is 2.40. The van der Waals surface area contributed by atoms with Crippen LogP contribution >= 0.6 is 0 Å². The third-order valence-electron chi connectivity index (χ3n) is 3.30. The van der Waals surface area contributed by atoms with Gasteiger partial charge < -0.3 is 4.90 Å². The van der Waals surface area contributed by atoms with Crippen LogP contribution in [0.2, 0.25) is 0 Å². The molecule has 0 atom stereocenters. The van der Waals surface area contributed by atoms with E-state index in [1.165, 1.54) is 0 Å². The Balaban J connectivity index is 1.80. The van der Waals surface area contributed by atoms with E-state index < -0.39 is 0 Å². The Hall–Kier alpha value is -2.62. The van der Waals surface area contributed by atoms with Gasteiger partial charge in [0.25, 0.3) is 5.91 Å². The summed E-state index contributed by atoms with van der Waals surface area (Å²) in [6.07, 6.45) is 1.73. The van der Waals surface area contributed by atoms with E-state index >= 15 is 0 Å². The highest BCUT2D eigenvalue weighted by molar-refractivity contribution is 5.97. The second-order valence-corrected chi connectivity index (χ2v) is 4.82. The Labute approximate surface area is 117 Å². The molecule has 0 aliphatic rings. The predicted molar refractivity (Wildman–Crippen MR) is 78.3 cm³/mol. The number of rotatable bonds is 3. The number of amides is 1. The zero-order valence-electron chi connectivity index (χ0n) is 11.2. The first-order chi connectivity index (χ1) is 9.74. The lowest BCUT2D eigenvalue weighted by Gasteiger charge is -2.17. The summed E-state index contributed by atoms with van der Waals surface area (Å²) in [5, 5.41) is 7.79. The largest absolute Gasteiger partial charge is 0.337 e. The quantitative estimate of drug-likeness (QED) is 0.791. The summed E-state index contributed by atoms with van der Waals surface area (Å²) in [6.45, 7) is 0.600. The third-order valence-corrected chi connectivity index (χ3v) is 3.30. The van der Waals surface area contributed by atoms with Gasteiger partial charge in [-0.25, -0.2) is 0 Å². The first-order valence-corrected chi connectivity index (χ1v) is 6.46. The maximum absolute atomic E-state index is 12.4. The number of carbonyl (C=O) groups excluding carboxylic acids is 1. The van der Waals surface area contributed by atoms with E-state index in [2.05, 4.69) is 10.2 Å². The van der Waals surface area contributed by atoms with Gasteiger partial charge in [0.1, 0.15) is 0 Å². The molecule has 0 radical (unpaired) electrons. The summed E-state index contributed by atoms with van der Waals surface area (Å²) < 4.78 is 0. The fourth-order valence-electron chi connectivity index (χ4n) is 2.23. The molecule has 20 heavy (non-hydrogen) atoms. The topological polar surface area (TPSA) is 49.0 Å². The van der Waals surface area contributed by atoms with E-state index in [1.54, 1.807) is 11.1 Å². The van der Waals surface area contributed by atoms with Crippen molar-refractivity contribution >= 4 is 16.8 Å². The van der Waals surface area contributed by atoms with Gasteiger partial charge in [-0.05, 0) is 23.8 Å². The van der Waals surface area contributed by atoms with E-state index in [0.717, 1.165) is 16.5 Å². The lowest BCUT2D eigenvalue weighted by molar-refractivity contribution is 0.0785. The molecule has 1 amide bonds. The van der Waals surface area contributed by atoms with Crippen molar-refractivity contribution in [2.45, 2.75) is 6.54 Å². The Bertz CT molecular complexity index is 734. The minimum absolute atomic E-state index is 0.0111. The van der Waals surface area contributed by atoms with Gasteiger partial charge in [0.15, 0.2) is 0 Å². The van der Waals surface area contributed by atoms with E-state index in [1.807, 2.05) is 55.6 Å². The summed E-state index contributed by atoms with van der Waals surface area (Å²) in [5.74, 6) is 0.0111. The van der Waals surface area contributed by atoms with Gasteiger partial charge in [0.05, 0.1) is 11.7 Å². The monoisotopic (exact) mass is 265 g/mol. The number of carbonyl (C=O) groups is 1. The SMILES string of the molecule is CN(Cc1ccccc1)C(=O)c1ccc2[nH]ncc2c1. The molecular formula is C16H15N3O. The Morgan fingerprint density at radius 3 is 2.80 bits per heavy atom. The summed E-state index contributed by atoms with van der Waals surface area (Å²) in [7, 11) is 1.81. The van der Waals surface area contributed by atoms with Crippen LogP contribution in [0.5, 0.6) is 0 Å². The maximum Gasteiger partial charge on any atom is 0.253 e. The molecule has 1 N–H and O–H groups in total. The smallest absolute Gasteiger partial charge is 0.253 e. The van der Waals surface area contributed by atoms with Crippen LogP contribution in [0.1, 0.15) is 15.9 Å². The molecular weight excluding hydrogens is 250 g/mol. The number of H-pyrrole nitrogens is 1. The molecule has 0 saturated carbocycles. The number of nitrogens with one attached hydrogen (secondary N) is 1. The lowest BCUT2D eigenvalue weighted by Crippen LogP contribution is -2.26. The number of benzene rings is 2. The van der Waals surface area contributed by atoms with E-state index in [0.29, 0.717) is 12.1 Å². The van der Waals surface area contributed by atoms with Crippen LogP contribution in [0, 0.1) is 0 Å². The Morgan fingerprint density at radius 1 is 1.20 bits per heavy atom. The van der Waals surface area contributed by atoms with E-state index in [9.17, 15) is 4.79 Å². The second kappa shape index (κ2) is 5.17. The number of aromatic amines is 1. The molecule has 100 valence electrons. The van der Waals surface area contributed by atoms with Crippen LogP contribution in [-0.4, -0.2) is 28.1 Å². The highest BCUT2D eigenvalue weighted by Crippen LogP contribution is 2.15. The van der Waals surface area contributed by atoms with Gasteiger partial charge >= 0.3 is 0 Å². The molecule has 0 fully saturated rings. The Morgan fingerprint density at radius 2 is 2.00 bits per heavy atom. The molecule has 2 aromatic carbocycles. The molecule has 0 bridgehead atoms. The number of nitrogens with zero attached hydrogens (tertiary/aromatic N) is 2. The van der Waals surface area contributed by atoms with Crippen LogP contribution < -0.4 is 0 Å². The summed E-state index contributed by atoms with van der Waals surface area (Å²) in [4.78, 5) is 14.1. The minimum atomic E-state index is 0.0111. The lowest BCUT2D eigenvalue weighted by atomic mass is 10.1. The molecule has 4 nitrogen and oxygen atoms in total. The first-order valence-electron chi connectivity index (χ1n) is 6.46. The predicted octanol–water partition coefficient (Wildman–Crippen LogP) is 2.84. The molecule has 0 spiro atoms. The summed E-state index contributed by atoms with van der Waals surface area (Å²) >= 11 is 0. The van der Waals surface area contributed by atoms with Crippen LogP contribution in [0.25, 0.3) is 10.9 Å². The van der Waals surface area contributed by atoms with Crippen molar-refractivity contribution in [2.75, 3.05) is 7.05 Å². The summed E-state index contributed by atoms with van der Waals surface area (Å²) in [5.41, 5.74) is 2.73. The second-order valence-electron chi connectivity index (χ2n) is 4.82. The van der Waals surface area contributed by atoms with Gasteiger partial charge in [-0.2, -0.15) is 5.10 Å². The van der Waals surface area contributed by atoms with Crippen molar-refractivity contribution in [3.8, 4) is 0 Å². The number of fused-ring (bicyclic) bond motifs is 1. The van der Waals surface area contributed by atoms with Crippen LogP contribution in [-0.2, 0) is 6.54 Å². The molecule has 0 saturated heterocycles. The zero-order valence-corrected chi connectivity index (χ0v) is 11.2. The van der Waals surface area contributed by atoms with E-state index in [4.69, 9.17) is 0 Å². The Kier molecular flexibility index (Phi) is 3.21. The standard InChI is InChI=1S/C16H15N3O/c1-19(11-12-5-3-2-4-6-12)16(20)13-7-8-15-14(9-13)10-17-18-15/h2-10H,11H2,1H3,(H,17,18). The van der Waals surface area contributed by atoms with Crippen molar-refractivity contribution in [1.82, 2.24) is 15.1 Å². The minimum Gasteiger partial charge on any atom is -0.337 e. The first kappa shape index (κ1) is 12.4. The van der Waals surface area contributed by atoms with Crippen molar-refractivity contribution < 1.29 is 4.79 Å². The molecule has 0 unspecified atom stereocenters. The summed E-state index contributed by atoms with van der Waals surface area (Å²) in [6, 6.07) is 15.5.